The zero-order chi connectivity index (χ0) is 32.2. The Kier molecular flexibility index (Phi) is 10.8. The van der Waals surface area contributed by atoms with Crippen LogP contribution in [-0.2, 0) is 25.0 Å². The molecule has 44 heavy (non-hydrogen) atoms. The molecule has 1 aliphatic heterocycles. The van der Waals surface area contributed by atoms with Crippen LogP contribution in [0.25, 0.3) is 11.1 Å². The van der Waals surface area contributed by atoms with Crippen LogP contribution in [0, 0.1) is 0 Å². The van der Waals surface area contributed by atoms with E-state index < -0.39 is 0 Å². The molecular formula is C40H57NO3. The predicted molar refractivity (Wildman–Crippen MR) is 186 cm³/mol. The average molecular weight is 600 g/mol. The Balaban J connectivity index is 1.39. The first-order valence-electron chi connectivity index (χ1n) is 16.4. The van der Waals surface area contributed by atoms with Crippen LogP contribution in [0.2, 0.25) is 0 Å². The molecule has 0 amide bonds. The van der Waals surface area contributed by atoms with Gasteiger partial charge in [-0.3, -0.25) is 0 Å². The first kappa shape index (κ1) is 34.4. The van der Waals surface area contributed by atoms with Crippen molar-refractivity contribution in [1.29, 1.82) is 0 Å². The van der Waals surface area contributed by atoms with Crippen molar-refractivity contribution in [3.63, 3.8) is 0 Å². The number of benzene rings is 2. The minimum atomic E-state index is -0.168. The largest absolute Gasteiger partial charge is 0.377 e. The van der Waals surface area contributed by atoms with Gasteiger partial charge in [0, 0.05) is 11.1 Å². The minimum absolute atomic E-state index is 0.0800. The molecule has 1 fully saturated rings. The summed E-state index contributed by atoms with van der Waals surface area (Å²) in [5, 5.41) is 3.72. The summed E-state index contributed by atoms with van der Waals surface area (Å²) in [6.07, 6.45) is 11.0. The summed E-state index contributed by atoms with van der Waals surface area (Å²) in [6.45, 7) is 24.7. The van der Waals surface area contributed by atoms with E-state index in [9.17, 15) is 0 Å². The summed E-state index contributed by atoms with van der Waals surface area (Å²) in [5.74, 6) is 0. The molecule has 0 atom stereocenters. The number of ether oxygens (including phenoxy) is 3. The third-order valence-electron chi connectivity index (χ3n) is 8.57. The van der Waals surface area contributed by atoms with E-state index in [1.807, 2.05) is 0 Å². The van der Waals surface area contributed by atoms with Crippen molar-refractivity contribution < 1.29 is 14.2 Å². The molecule has 2 aromatic rings. The lowest BCUT2D eigenvalue weighted by molar-refractivity contribution is -0.0496. The molecule has 1 saturated heterocycles. The van der Waals surface area contributed by atoms with Crippen molar-refractivity contribution in [2.24, 2.45) is 0 Å². The van der Waals surface area contributed by atoms with E-state index in [0.29, 0.717) is 26.4 Å². The van der Waals surface area contributed by atoms with Gasteiger partial charge in [-0.2, -0.15) is 0 Å². The number of hydrogen-bond acceptors (Lipinski definition) is 4. The van der Waals surface area contributed by atoms with Crippen LogP contribution < -0.4 is 5.32 Å². The summed E-state index contributed by atoms with van der Waals surface area (Å²) >= 11 is 0. The highest BCUT2D eigenvalue weighted by Crippen LogP contribution is 2.32. The van der Waals surface area contributed by atoms with Crippen molar-refractivity contribution in [3.05, 3.63) is 95.1 Å². The monoisotopic (exact) mass is 599 g/mol. The van der Waals surface area contributed by atoms with E-state index in [2.05, 4.69) is 147 Å². The Morgan fingerprint density at radius 2 is 1.02 bits per heavy atom. The molecule has 0 spiro atoms. The Labute approximate surface area is 268 Å². The zero-order valence-corrected chi connectivity index (χ0v) is 29.1. The summed E-state index contributed by atoms with van der Waals surface area (Å²) < 4.78 is 18.6. The topological polar surface area (TPSA) is 39.7 Å². The van der Waals surface area contributed by atoms with Crippen LogP contribution in [0.4, 0.5) is 0 Å². The second kappa shape index (κ2) is 13.9. The summed E-state index contributed by atoms with van der Waals surface area (Å²) in [4.78, 5) is 0. The summed E-state index contributed by atoms with van der Waals surface area (Å²) in [7, 11) is 0. The molecule has 4 nitrogen and oxygen atoms in total. The van der Waals surface area contributed by atoms with Gasteiger partial charge in [-0.25, -0.2) is 0 Å². The average Bonchev–Trinajstić information content (AvgIpc) is 3.13. The van der Waals surface area contributed by atoms with Gasteiger partial charge in [0.25, 0.3) is 0 Å². The van der Waals surface area contributed by atoms with Gasteiger partial charge in [0.15, 0.2) is 0 Å². The molecule has 240 valence electrons. The van der Waals surface area contributed by atoms with Gasteiger partial charge in [0.2, 0.25) is 0 Å². The number of rotatable bonds is 10. The lowest BCUT2D eigenvalue weighted by atomic mass is 9.81. The maximum atomic E-state index is 6.41. The molecule has 0 radical (unpaired) electrons. The van der Waals surface area contributed by atoms with E-state index in [4.69, 9.17) is 14.2 Å². The third kappa shape index (κ3) is 10.0. The quantitative estimate of drug-likeness (QED) is 0.277. The van der Waals surface area contributed by atoms with E-state index in [-0.39, 0.29) is 34.1 Å². The molecule has 2 aromatic carbocycles. The van der Waals surface area contributed by atoms with Gasteiger partial charge >= 0.3 is 0 Å². The molecule has 1 heterocycles. The van der Waals surface area contributed by atoms with Gasteiger partial charge in [0.05, 0.1) is 38.6 Å². The Morgan fingerprint density at radius 1 is 0.614 bits per heavy atom. The van der Waals surface area contributed by atoms with Crippen LogP contribution in [0.3, 0.4) is 0 Å². The number of allylic oxidation sites excluding steroid dienone is 4. The molecule has 2 aliphatic rings. The second-order valence-electron chi connectivity index (χ2n) is 16.0. The number of piperidine rings is 1. The van der Waals surface area contributed by atoms with E-state index in [0.717, 1.165) is 24.0 Å². The zero-order valence-electron chi connectivity index (χ0n) is 29.1. The predicted octanol–water partition coefficient (Wildman–Crippen LogP) is 9.05. The van der Waals surface area contributed by atoms with Gasteiger partial charge in [0.1, 0.15) is 0 Å². The molecule has 0 unspecified atom stereocenters. The maximum Gasteiger partial charge on any atom is 0.0956 e. The molecule has 1 N–H and O–H groups in total. The number of nitrogens with one attached hydrogen (secondary N) is 1. The summed E-state index contributed by atoms with van der Waals surface area (Å²) in [6, 6.07) is 17.9. The van der Waals surface area contributed by atoms with Crippen molar-refractivity contribution >= 4 is 11.1 Å². The lowest BCUT2D eigenvalue weighted by Crippen LogP contribution is -2.59. The van der Waals surface area contributed by atoms with E-state index in [1.165, 1.54) is 22.3 Å². The smallest absolute Gasteiger partial charge is 0.0956 e. The fraction of sp³-hybridized carbons (Fsp3) is 0.550. The van der Waals surface area contributed by atoms with Crippen LogP contribution in [0.1, 0.15) is 104 Å². The van der Waals surface area contributed by atoms with Crippen molar-refractivity contribution in [3.8, 4) is 0 Å². The van der Waals surface area contributed by atoms with E-state index >= 15 is 0 Å². The summed E-state index contributed by atoms with van der Waals surface area (Å²) in [5.41, 5.74) is 7.78. The first-order valence-corrected chi connectivity index (χ1v) is 16.4. The first-order chi connectivity index (χ1) is 20.5. The van der Waals surface area contributed by atoms with Crippen molar-refractivity contribution in [2.45, 2.75) is 116 Å². The molecule has 0 aromatic heterocycles. The van der Waals surface area contributed by atoms with Gasteiger partial charge in [-0.05, 0) is 96.9 Å². The maximum absolute atomic E-state index is 6.41. The minimum Gasteiger partial charge on any atom is -0.377 e. The fourth-order valence-corrected chi connectivity index (χ4v) is 6.46. The SMILES string of the molecule is CC1(C)CC(OCCOCCOC2C=C(c3ccc(C(C)(C)C)cc3)C=CC(c3ccc(C(C)(C)C)cc3)=C2)CC(C)(C)N1. The Morgan fingerprint density at radius 3 is 1.43 bits per heavy atom. The molecular weight excluding hydrogens is 542 g/mol. The van der Waals surface area contributed by atoms with Crippen molar-refractivity contribution in [2.75, 3.05) is 26.4 Å². The normalized spacial score (nSPS) is 19.4. The van der Waals surface area contributed by atoms with Gasteiger partial charge < -0.3 is 19.5 Å². The molecule has 4 rings (SSSR count). The second-order valence-corrected chi connectivity index (χ2v) is 16.0. The third-order valence-corrected chi connectivity index (χ3v) is 8.57. The highest BCUT2D eigenvalue weighted by Gasteiger charge is 2.38. The Hall–Kier alpha value is -2.50. The number of hydrogen-bond donors (Lipinski definition) is 1. The van der Waals surface area contributed by atoms with Crippen LogP contribution in [0.15, 0.2) is 72.8 Å². The standard InChI is InChI=1S/C40H57NO3/c1-37(2,3)33-17-13-29(14-18-33)31-11-12-32(30-15-19-34(20-16-30)38(4,5)6)26-35(25-31)43-23-21-42-22-24-44-36-27-39(7,8)41-40(9,10)28-36/h11-20,25-26,35-36,41H,21-24,27-28H2,1-10H3. The molecule has 4 heteroatoms. The highest BCUT2D eigenvalue weighted by atomic mass is 16.5. The molecule has 0 saturated carbocycles. The molecule has 1 aliphatic carbocycles. The lowest BCUT2D eigenvalue weighted by Gasteiger charge is -2.46. The Bertz CT molecular complexity index is 1220. The van der Waals surface area contributed by atoms with Crippen LogP contribution in [0.5, 0.6) is 0 Å². The highest BCUT2D eigenvalue weighted by molar-refractivity contribution is 5.84. The van der Waals surface area contributed by atoms with Gasteiger partial charge in [-0.1, -0.05) is 102 Å². The molecule has 0 bridgehead atoms. The van der Waals surface area contributed by atoms with Gasteiger partial charge in [-0.15, -0.1) is 0 Å². The van der Waals surface area contributed by atoms with Crippen molar-refractivity contribution in [1.82, 2.24) is 5.32 Å². The van der Waals surface area contributed by atoms with E-state index in [1.54, 1.807) is 0 Å². The van der Waals surface area contributed by atoms with Crippen LogP contribution >= 0.6 is 0 Å². The fourth-order valence-electron chi connectivity index (χ4n) is 6.46. The van der Waals surface area contributed by atoms with Crippen LogP contribution in [-0.4, -0.2) is 49.7 Å².